The number of aromatic nitrogens is 2. The molecule has 0 radical (unpaired) electrons. The van der Waals surface area contributed by atoms with Gasteiger partial charge in [0.1, 0.15) is 6.61 Å². The minimum Gasteiger partial charge on any atom is -0.377 e. The molecule has 2 aliphatic heterocycles. The van der Waals surface area contributed by atoms with Crippen LogP contribution >= 0.6 is 0 Å². The molecule has 0 spiro atoms. The first kappa shape index (κ1) is 15.9. The van der Waals surface area contributed by atoms with Gasteiger partial charge in [0.05, 0.1) is 6.54 Å². The van der Waals surface area contributed by atoms with Gasteiger partial charge in [-0.3, -0.25) is 4.90 Å². The van der Waals surface area contributed by atoms with Crippen molar-refractivity contribution in [2.75, 3.05) is 52.9 Å². The summed E-state index contributed by atoms with van der Waals surface area (Å²) in [6.45, 7) is 9.22. The highest BCUT2D eigenvalue weighted by Crippen LogP contribution is 2.15. The van der Waals surface area contributed by atoms with E-state index >= 15 is 0 Å². The number of rotatable bonds is 6. The number of hydrogen-bond donors (Lipinski definition) is 1. The summed E-state index contributed by atoms with van der Waals surface area (Å²) in [5.74, 6) is 2.20. The maximum absolute atomic E-state index is 5.26. The van der Waals surface area contributed by atoms with E-state index in [0.29, 0.717) is 18.3 Å². The summed E-state index contributed by atoms with van der Waals surface area (Å²) in [4.78, 5) is 9.34. The second kappa shape index (κ2) is 8.01. The molecule has 0 saturated carbocycles. The van der Waals surface area contributed by atoms with Crippen LogP contribution in [0.15, 0.2) is 4.52 Å². The lowest BCUT2D eigenvalue weighted by Gasteiger charge is -2.36. The fourth-order valence-electron chi connectivity index (χ4n) is 3.29. The molecular formula is C15H27N5O2. The van der Waals surface area contributed by atoms with Gasteiger partial charge in [-0.05, 0) is 31.8 Å². The lowest BCUT2D eigenvalue weighted by atomic mass is 9.97. The Labute approximate surface area is 132 Å². The van der Waals surface area contributed by atoms with Crippen LogP contribution in [-0.4, -0.2) is 72.9 Å². The van der Waals surface area contributed by atoms with Crippen LogP contribution < -0.4 is 5.32 Å². The Morgan fingerprint density at radius 1 is 1.18 bits per heavy atom. The molecule has 7 heteroatoms. The fourth-order valence-corrected chi connectivity index (χ4v) is 3.29. The zero-order chi connectivity index (χ0) is 15.2. The number of nitrogens with one attached hydrogen (secondary N) is 1. The van der Waals surface area contributed by atoms with Crippen LogP contribution in [-0.2, 0) is 17.9 Å². The topological polar surface area (TPSA) is 66.7 Å². The van der Waals surface area contributed by atoms with Crippen molar-refractivity contribution in [3.63, 3.8) is 0 Å². The Kier molecular flexibility index (Phi) is 5.77. The lowest BCUT2D eigenvalue weighted by molar-refractivity contribution is 0.0990. The molecule has 0 aromatic carbocycles. The zero-order valence-electron chi connectivity index (χ0n) is 13.5. The maximum atomic E-state index is 5.26. The van der Waals surface area contributed by atoms with Gasteiger partial charge in [0, 0.05) is 39.8 Å². The van der Waals surface area contributed by atoms with Crippen LogP contribution in [0.25, 0.3) is 0 Å². The second-order valence-corrected chi connectivity index (χ2v) is 6.31. The average Bonchev–Trinajstić information content (AvgIpc) is 2.98. The van der Waals surface area contributed by atoms with Gasteiger partial charge < -0.3 is 19.5 Å². The second-order valence-electron chi connectivity index (χ2n) is 6.31. The quantitative estimate of drug-likeness (QED) is 0.812. The summed E-state index contributed by atoms with van der Waals surface area (Å²) < 4.78 is 10.3. The summed E-state index contributed by atoms with van der Waals surface area (Å²) in [6, 6.07) is 0. The van der Waals surface area contributed by atoms with Crippen molar-refractivity contribution >= 4 is 0 Å². The first-order valence-corrected chi connectivity index (χ1v) is 8.29. The van der Waals surface area contributed by atoms with Crippen LogP contribution in [0.3, 0.4) is 0 Å². The Hall–Kier alpha value is -1.02. The molecule has 2 aliphatic rings. The number of piperazine rings is 1. The highest BCUT2D eigenvalue weighted by Gasteiger charge is 2.22. The molecule has 124 valence electrons. The molecule has 22 heavy (non-hydrogen) atoms. The first-order chi connectivity index (χ1) is 10.8. The minimum absolute atomic E-state index is 0.410. The number of piperidine rings is 1. The summed E-state index contributed by atoms with van der Waals surface area (Å²) in [6.07, 6.45) is 2.65. The molecule has 1 aromatic rings. The van der Waals surface area contributed by atoms with Crippen molar-refractivity contribution in [3.8, 4) is 0 Å². The van der Waals surface area contributed by atoms with Crippen molar-refractivity contribution in [2.45, 2.75) is 26.0 Å². The van der Waals surface area contributed by atoms with E-state index in [1.165, 1.54) is 32.5 Å². The van der Waals surface area contributed by atoms with Gasteiger partial charge in [-0.1, -0.05) is 5.16 Å². The molecule has 3 rings (SSSR count). The van der Waals surface area contributed by atoms with Gasteiger partial charge in [-0.25, -0.2) is 0 Å². The van der Waals surface area contributed by atoms with Gasteiger partial charge in [0.15, 0.2) is 5.82 Å². The van der Waals surface area contributed by atoms with E-state index in [4.69, 9.17) is 9.26 Å². The molecule has 0 atom stereocenters. The maximum Gasteiger partial charge on any atom is 0.240 e. The molecule has 2 saturated heterocycles. The van der Waals surface area contributed by atoms with E-state index in [9.17, 15) is 0 Å². The van der Waals surface area contributed by atoms with Crippen LogP contribution in [0, 0.1) is 5.92 Å². The highest BCUT2D eigenvalue weighted by atomic mass is 16.5. The van der Waals surface area contributed by atoms with E-state index < -0.39 is 0 Å². The SMILES string of the molecule is COCc1noc(CN2CCN(CC3CCNCC3)CC2)n1. The number of hydrogen-bond acceptors (Lipinski definition) is 7. The van der Waals surface area contributed by atoms with Gasteiger partial charge in [0.25, 0.3) is 0 Å². The Morgan fingerprint density at radius 3 is 2.64 bits per heavy atom. The highest BCUT2D eigenvalue weighted by molar-refractivity contribution is 4.86. The Bertz CT molecular complexity index is 439. The predicted octanol–water partition coefficient (Wildman–Crippen LogP) is 0.333. The number of nitrogens with zero attached hydrogens (tertiary/aromatic N) is 4. The van der Waals surface area contributed by atoms with E-state index in [1.54, 1.807) is 7.11 Å². The fraction of sp³-hybridized carbons (Fsp3) is 0.867. The van der Waals surface area contributed by atoms with Gasteiger partial charge in [0.2, 0.25) is 5.89 Å². The standard InChI is InChI=1S/C15H27N5O2/c1-21-12-14-17-15(22-18-14)11-20-8-6-19(7-9-20)10-13-2-4-16-5-3-13/h13,16H,2-12H2,1H3. The molecule has 0 unspecified atom stereocenters. The van der Waals surface area contributed by atoms with Crippen LogP contribution in [0.1, 0.15) is 24.6 Å². The summed E-state index contributed by atoms with van der Waals surface area (Å²) in [5, 5.41) is 7.35. The Balaban J connectivity index is 1.39. The predicted molar refractivity (Wildman–Crippen MR) is 82.3 cm³/mol. The normalized spacial score (nSPS) is 22.2. The van der Waals surface area contributed by atoms with Crippen molar-refractivity contribution in [1.29, 1.82) is 0 Å². The smallest absolute Gasteiger partial charge is 0.240 e. The van der Waals surface area contributed by atoms with Crippen molar-refractivity contribution in [1.82, 2.24) is 25.3 Å². The third-order valence-electron chi connectivity index (χ3n) is 4.58. The van der Waals surface area contributed by atoms with Gasteiger partial charge >= 0.3 is 0 Å². The first-order valence-electron chi connectivity index (χ1n) is 8.29. The number of ether oxygens (including phenoxy) is 1. The van der Waals surface area contributed by atoms with E-state index in [-0.39, 0.29) is 0 Å². The van der Waals surface area contributed by atoms with Gasteiger partial charge in [-0.15, -0.1) is 0 Å². The summed E-state index contributed by atoms with van der Waals surface area (Å²) >= 11 is 0. The Morgan fingerprint density at radius 2 is 1.91 bits per heavy atom. The van der Waals surface area contributed by atoms with E-state index in [0.717, 1.165) is 38.6 Å². The molecule has 7 nitrogen and oxygen atoms in total. The third-order valence-corrected chi connectivity index (χ3v) is 4.58. The van der Waals surface area contributed by atoms with Crippen molar-refractivity contribution in [2.24, 2.45) is 5.92 Å². The molecule has 1 aromatic heterocycles. The molecule has 0 aliphatic carbocycles. The summed E-state index contributed by atoms with van der Waals surface area (Å²) in [5.41, 5.74) is 0. The van der Waals surface area contributed by atoms with Crippen molar-refractivity contribution in [3.05, 3.63) is 11.7 Å². The third kappa shape index (κ3) is 4.49. The van der Waals surface area contributed by atoms with Crippen LogP contribution in [0.5, 0.6) is 0 Å². The van der Waals surface area contributed by atoms with E-state index in [2.05, 4.69) is 25.3 Å². The molecule has 1 N–H and O–H groups in total. The molecule has 0 bridgehead atoms. The molecular weight excluding hydrogens is 282 g/mol. The summed E-state index contributed by atoms with van der Waals surface area (Å²) in [7, 11) is 1.64. The average molecular weight is 309 g/mol. The van der Waals surface area contributed by atoms with Crippen molar-refractivity contribution < 1.29 is 9.26 Å². The zero-order valence-corrected chi connectivity index (χ0v) is 13.5. The largest absolute Gasteiger partial charge is 0.377 e. The lowest BCUT2D eigenvalue weighted by Crippen LogP contribution is -2.48. The van der Waals surface area contributed by atoms with Gasteiger partial charge in [-0.2, -0.15) is 4.98 Å². The monoisotopic (exact) mass is 309 g/mol. The molecule has 0 amide bonds. The van der Waals surface area contributed by atoms with Crippen LogP contribution in [0.2, 0.25) is 0 Å². The molecule has 3 heterocycles. The number of methoxy groups -OCH3 is 1. The molecule has 2 fully saturated rings. The minimum atomic E-state index is 0.410. The van der Waals surface area contributed by atoms with Crippen LogP contribution in [0.4, 0.5) is 0 Å². The van der Waals surface area contributed by atoms with E-state index in [1.807, 2.05) is 0 Å².